The van der Waals surface area contributed by atoms with Crippen LogP contribution in [-0.2, 0) is 13.0 Å². The van der Waals surface area contributed by atoms with Crippen LogP contribution in [0.3, 0.4) is 0 Å². The Bertz CT molecular complexity index is 458. The average Bonchev–Trinajstić information content (AvgIpc) is 2.80. The SMILES string of the molecule is CCc1cc(C(=O)N(C)C(C)CC#N)n(CC)n1. The fourth-order valence-electron chi connectivity index (χ4n) is 1.71. The standard InChI is InChI=1S/C13H20N4O/c1-5-11-9-12(17(6-2)15-11)13(18)16(4)10(3)7-8-14/h9-10H,5-7H2,1-4H3. The Kier molecular flexibility index (Phi) is 4.90. The number of hydrogen-bond donors (Lipinski definition) is 0. The topological polar surface area (TPSA) is 61.9 Å². The van der Waals surface area contributed by atoms with Crippen LogP contribution in [0.15, 0.2) is 6.07 Å². The van der Waals surface area contributed by atoms with Crippen LogP contribution in [0, 0.1) is 11.3 Å². The highest BCUT2D eigenvalue weighted by molar-refractivity contribution is 5.92. The maximum atomic E-state index is 12.3. The maximum absolute atomic E-state index is 12.3. The second kappa shape index (κ2) is 6.20. The van der Waals surface area contributed by atoms with Crippen LogP contribution in [0.1, 0.15) is 43.4 Å². The van der Waals surface area contributed by atoms with Crippen molar-refractivity contribution in [1.29, 1.82) is 5.26 Å². The molecule has 0 radical (unpaired) electrons. The molecular weight excluding hydrogens is 228 g/mol. The lowest BCUT2D eigenvalue weighted by atomic mass is 10.2. The molecule has 0 spiro atoms. The number of rotatable bonds is 5. The molecule has 98 valence electrons. The van der Waals surface area contributed by atoms with Crippen molar-refractivity contribution >= 4 is 5.91 Å². The zero-order valence-corrected chi connectivity index (χ0v) is 11.5. The molecule has 5 heteroatoms. The molecule has 0 aliphatic carbocycles. The summed E-state index contributed by atoms with van der Waals surface area (Å²) in [6.45, 7) is 6.51. The minimum atomic E-state index is -0.0900. The highest BCUT2D eigenvalue weighted by atomic mass is 16.2. The lowest BCUT2D eigenvalue weighted by Gasteiger charge is -2.22. The Balaban J connectivity index is 2.96. The van der Waals surface area contributed by atoms with E-state index in [1.807, 2.05) is 26.8 Å². The fraction of sp³-hybridized carbons (Fsp3) is 0.615. The van der Waals surface area contributed by atoms with Crippen LogP contribution in [0.4, 0.5) is 0 Å². The molecule has 0 N–H and O–H groups in total. The molecule has 5 nitrogen and oxygen atoms in total. The van der Waals surface area contributed by atoms with Crippen molar-refractivity contribution in [3.05, 3.63) is 17.5 Å². The van der Waals surface area contributed by atoms with E-state index in [9.17, 15) is 4.79 Å². The number of aryl methyl sites for hydroxylation is 2. The summed E-state index contributed by atoms with van der Waals surface area (Å²) in [5.41, 5.74) is 1.52. The smallest absolute Gasteiger partial charge is 0.272 e. The van der Waals surface area contributed by atoms with E-state index >= 15 is 0 Å². The molecule has 1 heterocycles. The molecule has 18 heavy (non-hydrogen) atoms. The molecule has 0 bridgehead atoms. The molecule has 0 aliphatic heterocycles. The summed E-state index contributed by atoms with van der Waals surface area (Å²) in [6.07, 6.45) is 1.15. The average molecular weight is 248 g/mol. The summed E-state index contributed by atoms with van der Waals surface area (Å²) in [5, 5.41) is 13.0. The van der Waals surface area contributed by atoms with Gasteiger partial charge in [0.15, 0.2) is 0 Å². The van der Waals surface area contributed by atoms with Crippen LogP contribution in [0.25, 0.3) is 0 Å². The molecule has 0 aliphatic rings. The third-order valence-corrected chi connectivity index (χ3v) is 3.08. The number of nitrogens with zero attached hydrogens (tertiary/aromatic N) is 4. The Morgan fingerprint density at radius 2 is 2.28 bits per heavy atom. The van der Waals surface area contributed by atoms with Gasteiger partial charge in [-0.15, -0.1) is 0 Å². The predicted molar refractivity (Wildman–Crippen MR) is 69.1 cm³/mol. The maximum Gasteiger partial charge on any atom is 0.272 e. The van der Waals surface area contributed by atoms with Crippen molar-refractivity contribution < 1.29 is 4.79 Å². The van der Waals surface area contributed by atoms with Gasteiger partial charge in [-0.3, -0.25) is 9.48 Å². The van der Waals surface area contributed by atoms with Gasteiger partial charge in [0.2, 0.25) is 0 Å². The first kappa shape index (κ1) is 14.2. The number of carbonyl (C=O) groups is 1. The number of nitriles is 1. The Morgan fingerprint density at radius 3 is 2.78 bits per heavy atom. The van der Waals surface area contributed by atoms with Gasteiger partial charge in [-0.1, -0.05) is 6.92 Å². The molecule has 1 aromatic rings. The van der Waals surface area contributed by atoms with Crippen LogP contribution < -0.4 is 0 Å². The number of amides is 1. The van der Waals surface area contributed by atoms with Crippen molar-refractivity contribution in [2.75, 3.05) is 7.05 Å². The van der Waals surface area contributed by atoms with Gasteiger partial charge >= 0.3 is 0 Å². The van der Waals surface area contributed by atoms with Crippen molar-refractivity contribution in [1.82, 2.24) is 14.7 Å². The monoisotopic (exact) mass is 248 g/mol. The Hall–Kier alpha value is -1.83. The predicted octanol–water partition coefficient (Wildman–Crippen LogP) is 1.84. The van der Waals surface area contributed by atoms with Gasteiger partial charge in [0.1, 0.15) is 5.69 Å². The molecular formula is C13H20N4O. The lowest BCUT2D eigenvalue weighted by molar-refractivity contribution is 0.0733. The second-order valence-corrected chi connectivity index (χ2v) is 4.32. The van der Waals surface area contributed by atoms with Gasteiger partial charge in [-0.2, -0.15) is 10.4 Å². The van der Waals surface area contributed by atoms with Gasteiger partial charge in [-0.25, -0.2) is 0 Å². The summed E-state index contributed by atoms with van der Waals surface area (Å²) in [5.74, 6) is -0.0770. The number of aromatic nitrogens is 2. The molecule has 1 aromatic heterocycles. The van der Waals surface area contributed by atoms with Crippen molar-refractivity contribution in [2.24, 2.45) is 0 Å². The molecule has 1 unspecified atom stereocenters. The van der Waals surface area contributed by atoms with Gasteiger partial charge < -0.3 is 4.90 Å². The van der Waals surface area contributed by atoms with Crippen molar-refractivity contribution in [3.63, 3.8) is 0 Å². The largest absolute Gasteiger partial charge is 0.337 e. The van der Waals surface area contributed by atoms with Crippen LogP contribution in [0.2, 0.25) is 0 Å². The first-order valence-corrected chi connectivity index (χ1v) is 6.25. The molecule has 0 fully saturated rings. The highest BCUT2D eigenvalue weighted by Crippen LogP contribution is 2.11. The fourth-order valence-corrected chi connectivity index (χ4v) is 1.71. The quantitative estimate of drug-likeness (QED) is 0.798. The molecule has 1 atom stereocenters. The zero-order valence-electron chi connectivity index (χ0n) is 11.5. The van der Waals surface area contributed by atoms with Crippen LogP contribution >= 0.6 is 0 Å². The van der Waals surface area contributed by atoms with Gasteiger partial charge in [0, 0.05) is 19.6 Å². The normalized spacial score (nSPS) is 11.9. The van der Waals surface area contributed by atoms with Gasteiger partial charge in [0.25, 0.3) is 5.91 Å². The molecule has 1 amide bonds. The summed E-state index contributed by atoms with van der Waals surface area (Å²) in [7, 11) is 1.73. The summed E-state index contributed by atoms with van der Waals surface area (Å²) < 4.78 is 1.72. The van der Waals surface area contributed by atoms with E-state index in [0.717, 1.165) is 12.1 Å². The first-order chi connectivity index (χ1) is 8.54. The highest BCUT2D eigenvalue weighted by Gasteiger charge is 2.21. The van der Waals surface area contributed by atoms with E-state index in [0.29, 0.717) is 18.7 Å². The lowest BCUT2D eigenvalue weighted by Crippen LogP contribution is -2.36. The van der Waals surface area contributed by atoms with Crippen LogP contribution in [-0.4, -0.2) is 33.7 Å². The van der Waals surface area contributed by atoms with E-state index in [4.69, 9.17) is 5.26 Å². The third kappa shape index (κ3) is 2.89. The first-order valence-electron chi connectivity index (χ1n) is 6.25. The summed E-state index contributed by atoms with van der Waals surface area (Å²) >= 11 is 0. The summed E-state index contributed by atoms with van der Waals surface area (Å²) in [6, 6.07) is 3.83. The minimum Gasteiger partial charge on any atom is -0.337 e. The van der Waals surface area contributed by atoms with Crippen molar-refractivity contribution in [2.45, 2.75) is 46.2 Å². The zero-order chi connectivity index (χ0) is 13.7. The van der Waals surface area contributed by atoms with Crippen LogP contribution in [0.5, 0.6) is 0 Å². The minimum absolute atomic E-state index is 0.0770. The second-order valence-electron chi connectivity index (χ2n) is 4.32. The number of hydrogen-bond acceptors (Lipinski definition) is 3. The van der Waals surface area contributed by atoms with E-state index in [1.54, 1.807) is 16.6 Å². The Labute approximate surface area is 108 Å². The van der Waals surface area contributed by atoms with Crippen molar-refractivity contribution in [3.8, 4) is 6.07 Å². The molecule has 0 saturated heterocycles. The molecule has 0 aromatic carbocycles. The molecule has 1 rings (SSSR count). The van der Waals surface area contributed by atoms with E-state index in [1.165, 1.54) is 0 Å². The van der Waals surface area contributed by atoms with Gasteiger partial charge in [0.05, 0.1) is 18.2 Å². The van der Waals surface area contributed by atoms with E-state index in [2.05, 4.69) is 11.2 Å². The summed E-state index contributed by atoms with van der Waals surface area (Å²) in [4.78, 5) is 13.9. The van der Waals surface area contributed by atoms with E-state index in [-0.39, 0.29) is 11.9 Å². The third-order valence-electron chi connectivity index (χ3n) is 3.08. The van der Waals surface area contributed by atoms with E-state index < -0.39 is 0 Å². The van der Waals surface area contributed by atoms with Gasteiger partial charge in [-0.05, 0) is 26.3 Å². The Morgan fingerprint density at radius 1 is 1.61 bits per heavy atom. The molecule has 0 saturated carbocycles. The number of carbonyl (C=O) groups excluding carboxylic acids is 1.